The molecule has 2 aliphatic heterocycles. The van der Waals surface area contributed by atoms with Crippen LogP contribution < -0.4 is 0 Å². The molecular formula is C21H26N4O3. The summed E-state index contributed by atoms with van der Waals surface area (Å²) in [4.78, 5) is 37.7. The first kappa shape index (κ1) is 18.7. The molecule has 28 heavy (non-hydrogen) atoms. The van der Waals surface area contributed by atoms with Crippen molar-refractivity contribution in [2.24, 2.45) is 5.41 Å². The number of piperidine rings is 2. The molecule has 2 aromatic rings. The van der Waals surface area contributed by atoms with E-state index in [1.54, 1.807) is 13.1 Å². The van der Waals surface area contributed by atoms with Crippen molar-refractivity contribution in [3.05, 3.63) is 47.9 Å². The largest absolute Gasteiger partial charge is 0.448 e. The number of aryl methyl sites for hydroxylation is 1. The number of carbonyl (C=O) groups is 2. The van der Waals surface area contributed by atoms with E-state index in [1.807, 2.05) is 28.0 Å². The summed E-state index contributed by atoms with van der Waals surface area (Å²) in [5.41, 5.74) is 1.37. The van der Waals surface area contributed by atoms with E-state index in [0.29, 0.717) is 37.5 Å². The second-order valence-corrected chi connectivity index (χ2v) is 7.97. The average Bonchev–Trinajstić information content (AvgIpc) is 3.15. The number of pyridine rings is 1. The Bertz CT molecular complexity index is 850. The van der Waals surface area contributed by atoms with Crippen LogP contribution >= 0.6 is 0 Å². The van der Waals surface area contributed by atoms with Gasteiger partial charge in [0.15, 0.2) is 12.1 Å². The standard InChI is InChI=1S/C21H26N4O3/c1-16-19(23-15-28-16)20(27)25-11-4-8-21(14-25)9-6-18(26)24(13-21)12-7-17-5-2-3-10-22-17/h2-3,5,10,15H,4,6-9,11-14H2,1H3/t21-/m1/s1. The maximum absolute atomic E-state index is 12.9. The molecule has 0 aliphatic carbocycles. The SMILES string of the molecule is Cc1ocnc1C(=O)N1CCC[C@]2(CCC(=O)N(CCc3ccccn3)C2)C1. The molecule has 4 rings (SSSR count). The number of nitrogens with zero attached hydrogens (tertiary/aromatic N) is 4. The number of hydrogen-bond donors (Lipinski definition) is 0. The van der Waals surface area contributed by atoms with Crippen LogP contribution in [0.4, 0.5) is 0 Å². The zero-order valence-electron chi connectivity index (χ0n) is 16.3. The topological polar surface area (TPSA) is 79.5 Å². The molecule has 0 saturated carbocycles. The van der Waals surface area contributed by atoms with Gasteiger partial charge in [-0.2, -0.15) is 0 Å². The fraction of sp³-hybridized carbons (Fsp3) is 0.524. The van der Waals surface area contributed by atoms with E-state index in [-0.39, 0.29) is 17.2 Å². The van der Waals surface area contributed by atoms with Crippen molar-refractivity contribution in [2.45, 2.75) is 39.0 Å². The molecule has 7 nitrogen and oxygen atoms in total. The summed E-state index contributed by atoms with van der Waals surface area (Å²) in [6, 6.07) is 5.86. The molecule has 4 heterocycles. The Morgan fingerprint density at radius 3 is 2.89 bits per heavy atom. The summed E-state index contributed by atoms with van der Waals surface area (Å²) < 4.78 is 5.20. The minimum atomic E-state index is -0.0674. The molecule has 2 aromatic heterocycles. The lowest BCUT2D eigenvalue weighted by Gasteiger charge is -2.48. The number of amides is 2. The van der Waals surface area contributed by atoms with E-state index in [4.69, 9.17) is 4.42 Å². The lowest BCUT2D eigenvalue weighted by molar-refractivity contribution is -0.138. The molecule has 0 N–H and O–H groups in total. The van der Waals surface area contributed by atoms with E-state index in [1.165, 1.54) is 6.39 Å². The summed E-state index contributed by atoms with van der Waals surface area (Å²) in [5, 5.41) is 0. The van der Waals surface area contributed by atoms with Crippen molar-refractivity contribution in [3.63, 3.8) is 0 Å². The van der Waals surface area contributed by atoms with E-state index in [2.05, 4.69) is 9.97 Å². The highest BCUT2D eigenvalue weighted by Crippen LogP contribution is 2.39. The van der Waals surface area contributed by atoms with Gasteiger partial charge in [0, 0.05) is 56.3 Å². The normalized spacial score (nSPS) is 22.7. The van der Waals surface area contributed by atoms with Crippen molar-refractivity contribution < 1.29 is 14.0 Å². The van der Waals surface area contributed by atoms with Gasteiger partial charge in [-0.15, -0.1) is 0 Å². The Labute approximate surface area is 164 Å². The summed E-state index contributed by atoms with van der Waals surface area (Å²) in [6.07, 6.45) is 7.24. The quantitative estimate of drug-likeness (QED) is 0.812. The first-order chi connectivity index (χ1) is 13.6. The average molecular weight is 382 g/mol. The third kappa shape index (κ3) is 3.79. The van der Waals surface area contributed by atoms with Crippen LogP contribution in [0.2, 0.25) is 0 Å². The predicted octanol–water partition coefficient (Wildman–Crippen LogP) is 2.47. The number of rotatable bonds is 4. The van der Waals surface area contributed by atoms with Crippen LogP contribution in [0.1, 0.15) is 47.6 Å². The molecule has 0 radical (unpaired) electrons. The van der Waals surface area contributed by atoms with Crippen LogP contribution in [0.25, 0.3) is 0 Å². The Hall–Kier alpha value is -2.70. The smallest absolute Gasteiger partial charge is 0.276 e. The zero-order chi connectivity index (χ0) is 19.6. The molecule has 2 amide bonds. The molecule has 0 unspecified atom stereocenters. The number of hydrogen-bond acceptors (Lipinski definition) is 5. The van der Waals surface area contributed by atoms with E-state index in [9.17, 15) is 9.59 Å². The summed E-state index contributed by atoms with van der Waals surface area (Å²) >= 11 is 0. The molecule has 1 spiro atoms. The third-order valence-electron chi connectivity index (χ3n) is 6.01. The summed E-state index contributed by atoms with van der Waals surface area (Å²) in [6.45, 7) is 4.55. The van der Waals surface area contributed by atoms with Gasteiger partial charge in [0.25, 0.3) is 5.91 Å². The van der Waals surface area contributed by atoms with Gasteiger partial charge < -0.3 is 14.2 Å². The molecule has 0 aromatic carbocycles. The molecule has 0 bridgehead atoms. The second-order valence-electron chi connectivity index (χ2n) is 7.97. The van der Waals surface area contributed by atoms with Crippen LogP contribution in [0.3, 0.4) is 0 Å². The van der Waals surface area contributed by atoms with Crippen LogP contribution in [0.15, 0.2) is 35.2 Å². The Kier molecular flexibility index (Phi) is 5.15. The summed E-state index contributed by atoms with van der Waals surface area (Å²) in [5.74, 6) is 0.694. The van der Waals surface area contributed by atoms with Crippen molar-refractivity contribution >= 4 is 11.8 Å². The minimum Gasteiger partial charge on any atom is -0.448 e. The Balaban J connectivity index is 1.43. The van der Waals surface area contributed by atoms with Crippen LogP contribution in [0, 0.1) is 12.3 Å². The second kappa shape index (κ2) is 7.73. The van der Waals surface area contributed by atoms with Gasteiger partial charge in [-0.3, -0.25) is 14.6 Å². The molecular weight excluding hydrogens is 356 g/mol. The van der Waals surface area contributed by atoms with Crippen molar-refractivity contribution in [1.29, 1.82) is 0 Å². The predicted molar refractivity (Wildman–Crippen MR) is 103 cm³/mol. The van der Waals surface area contributed by atoms with Gasteiger partial charge in [0.05, 0.1) is 0 Å². The fourth-order valence-corrected chi connectivity index (χ4v) is 4.48. The van der Waals surface area contributed by atoms with Crippen LogP contribution in [-0.2, 0) is 11.2 Å². The molecule has 148 valence electrons. The number of oxazole rings is 1. The van der Waals surface area contributed by atoms with Gasteiger partial charge in [0.1, 0.15) is 5.76 Å². The number of carbonyl (C=O) groups excluding carboxylic acids is 2. The third-order valence-corrected chi connectivity index (χ3v) is 6.01. The van der Waals surface area contributed by atoms with Gasteiger partial charge in [-0.1, -0.05) is 6.07 Å². The molecule has 7 heteroatoms. The Morgan fingerprint density at radius 2 is 2.14 bits per heavy atom. The minimum absolute atomic E-state index is 0.0242. The van der Waals surface area contributed by atoms with Gasteiger partial charge in [-0.05, 0) is 38.3 Å². The molecule has 2 saturated heterocycles. The highest BCUT2D eigenvalue weighted by Gasteiger charge is 2.43. The van der Waals surface area contributed by atoms with Crippen molar-refractivity contribution in [1.82, 2.24) is 19.8 Å². The molecule has 2 aliphatic rings. The lowest BCUT2D eigenvalue weighted by atomic mass is 9.73. The lowest BCUT2D eigenvalue weighted by Crippen LogP contribution is -2.55. The van der Waals surface area contributed by atoms with E-state index in [0.717, 1.165) is 37.9 Å². The van der Waals surface area contributed by atoms with Crippen LogP contribution in [0.5, 0.6) is 0 Å². The van der Waals surface area contributed by atoms with Gasteiger partial charge in [0.2, 0.25) is 5.91 Å². The highest BCUT2D eigenvalue weighted by atomic mass is 16.3. The zero-order valence-corrected chi connectivity index (χ0v) is 16.3. The van der Waals surface area contributed by atoms with Crippen molar-refractivity contribution in [3.8, 4) is 0 Å². The first-order valence-corrected chi connectivity index (χ1v) is 9.93. The van der Waals surface area contributed by atoms with Gasteiger partial charge in [-0.25, -0.2) is 4.98 Å². The van der Waals surface area contributed by atoms with E-state index < -0.39 is 0 Å². The maximum atomic E-state index is 12.9. The molecule has 2 fully saturated rings. The van der Waals surface area contributed by atoms with Crippen LogP contribution in [-0.4, -0.2) is 57.8 Å². The summed E-state index contributed by atoms with van der Waals surface area (Å²) in [7, 11) is 0. The Morgan fingerprint density at radius 1 is 1.25 bits per heavy atom. The monoisotopic (exact) mass is 382 g/mol. The maximum Gasteiger partial charge on any atom is 0.276 e. The van der Waals surface area contributed by atoms with Gasteiger partial charge >= 0.3 is 0 Å². The number of likely N-dealkylation sites (tertiary alicyclic amines) is 2. The first-order valence-electron chi connectivity index (χ1n) is 9.93. The molecule has 1 atom stereocenters. The van der Waals surface area contributed by atoms with Crippen molar-refractivity contribution in [2.75, 3.05) is 26.2 Å². The highest BCUT2D eigenvalue weighted by molar-refractivity contribution is 5.93. The van der Waals surface area contributed by atoms with E-state index >= 15 is 0 Å². The fourth-order valence-electron chi connectivity index (χ4n) is 4.48. The number of aromatic nitrogens is 2.